The van der Waals surface area contributed by atoms with Crippen molar-refractivity contribution in [1.82, 2.24) is 10.2 Å². The topological polar surface area (TPSA) is 58.4 Å². The number of piperazine rings is 1. The molecule has 5 heteroatoms. The number of rotatable bonds is 3. The van der Waals surface area contributed by atoms with Crippen molar-refractivity contribution in [2.45, 2.75) is 13.1 Å². The molecular weight excluding hydrogens is 221 g/mol. The smallest absolute Gasteiger partial charge is 0.234 e. The van der Waals surface area contributed by atoms with Gasteiger partial charge in [0, 0.05) is 31.7 Å². The van der Waals surface area contributed by atoms with E-state index in [1.807, 2.05) is 11.0 Å². The Morgan fingerprint density at radius 3 is 2.94 bits per heavy atom. The highest BCUT2D eigenvalue weighted by atomic mass is 19.1. The van der Waals surface area contributed by atoms with Crippen LogP contribution in [-0.4, -0.2) is 30.4 Å². The van der Waals surface area contributed by atoms with E-state index < -0.39 is 0 Å². The zero-order chi connectivity index (χ0) is 12.3. The molecule has 0 spiro atoms. The largest absolute Gasteiger partial charge is 0.354 e. The molecule has 0 atom stereocenters. The molecule has 0 radical (unpaired) electrons. The van der Waals surface area contributed by atoms with Gasteiger partial charge >= 0.3 is 0 Å². The number of hydrogen-bond acceptors (Lipinski definition) is 3. The van der Waals surface area contributed by atoms with Gasteiger partial charge in [-0.1, -0.05) is 12.1 Å². The Morgan fingerprint density at radius 1 is 1.47 bits per heavy atom. The molecule has 1 amide bonds. The molecule has 0 bridgehead atoms. The molecular formula is C12H16FN3O. The monoisotopic (exact) mass is 237 g/mol. The maximum Gasteiger partial charge on any atom is 0.234 e. The molecule has 0 aromatic heterocycles. The predicted octanol–water partition coefficient (Wildman–Crippen LogP) is 0.216. The average molecular weight is 237 g/mol. The first-order valence-corrected chi connectivity index (χ1v) is 5.65. The Kier molecular flexibility index (Phi) is 3.71. The zero-order valence-corrected chi connectivity index (χ0v) is 9.58. The summed E-state index contributed by atoms with van der Waals surface area (Å²) >= 11 is 0. The molecule has 1 aliphatic heterocycles. The quantitative estimate of drug-likeness (QED) is 0.790. The molecule has 1 fully saturated rings. The fourth-order valence-electron chi connectivity index (χ4n) is 1.91. The van der Waals surface area contributed by atoms with Gasteiger partial charge in [0.2, 0.25) is 5.91 Å². The first-order valence-electron chi connectivity index (χ1n) is 5.65. The molecule has 3 N–H and O–H groups in total. The van der Waals surface area contributed by atoms with Crippen molar-refractivity contribution in [3.8, 4) is 0 Å². The molecule has 1 aliphatic rings. The van der Waals surface area contributed by atoms with Crippen LogP contribution in [0.4, 0.5) is 4.39 Å². The minimum atomic E-state index is -0.251. The normalized spacial score (nSPS) is 16.9. The molecule has 0 saturated carbocycles. The summed E-state index contributed by atoms with van der Waals surface area (Å²) in [5, 5.41) is 2.74. The fraction of sp³-hybridized carbons (Fsp3) is 0.417. The second-order valence-corrected chi connectivity index (χ2v) is 4.19. The van der Waals surface area contributed by atoms with Crippen LogP contribution in [0.25, 0.3) is 0 Å². The third-order valence-electron chi connectivity index (χ3n) is 2.86. The first-order chi connectivity index (χ1) is 8.19. The van der Waals surface area contributed by atoms with Crippen LogP contribution in [0.15, 0.2) is 18.2 Å². The molecule has 1 aromatic rings. The van der Waals surface area contributed by atoms with E-state index in [0.29, 0.717) is 31.7 Å². The van der Waals surface area contributed by atoms with Gasteiger partial charge in [0.25, 0.3) is 0 Å². The van der Waals surface area contributed by atoms with Gasteiger partial charge in [0.05, 0.1) is 6.54 Å². The van der Waals surface area contributed by atoms with E-state index in [4.69, 9.17) is 5.73 Å². The summed E-state index contributed by atoms with van der Waals surface area (Å²) in [5.41, 5.74) is 6.83. The second-order valence-electron chi connectivity index (χ2n) is 4.19. The summed E-state index contributed by atoms with van der Waals surface area (Å²) in [6, 6.07) is 5.02. The molecule has 17 heavy (non-hydrogen) atoms. The van der Waals surface area contributed by atoms with E-state index in [9.17, 15) is 9.18 Å². The second kappa shape index (κ2) is 5.25. The average Bonchev–Trinajstić information content (AvgIpc) is 2.32. The van der Waals surface area contributed by atoms with Crippen LogP contribution in [0, 0.1) is 5.82 Å². The van der Waals surface area contributed by atoms with Crippen LogP contribution in [0.3, 0.4) is 0 Å². The number of hydrogen-bond donors (Lipinski definition) is 2. The summed E-state index contributed by atoms with van der Waals surface area (Å²) in [6.07, 6.45) is 0. The van der Waals surface area contributed by atoms with Gasteiger partial charge in [0.1, 0.15) is 5.82 Å². The molecule has 1 heterocycles. The number of carbonyl (C=O) groups excluding carboxylic acids is 1. The number of benzene rings is 1. The van der Waals surface area contributed by atoms with Crippen molar-refractivity contribution in [2.24, 2.45) is 5.73 Å². The standard InChI is InChI=1S/C12H16FN3O/c13-11-5-9(6-14)1-2-10(11)7-16-4-3-15-12(17)8-16/h1-2,5H,3-4,6-8,14H2,(H,15,17). The van der Waals surface area contributed by atoms with Crippen molar-refractivity contribution < 1.29 is 9.18 Å². The molecule has 4 nitrogen and oxygen atoms in total. The highest BCUT2D eigenvalue weighted by Crippen LogP contribution is 2.13. The fourth-order valence-corrected chi connectivity index (χ4v) is 1.91. The van der Waals surface area contributed by atoms with Crippen LogP contribution >= 0.6 is 0 Å². The Balaban J connectivity index is 2.05. The highest BCUT2D eigenvalue weighted by Gasteiger charge is 2.17. The van der Waals surface area contributed by atoms with E-state index >= 15 is 0 Å². The number of halogens is 1. The lowest BCUT2D eigenvalue weighted by molar-refractivity contribution is -0.124. The van der Waals surface area contributed by atoms with Crippen molar-refractivity contribution in [3.63, 3.8) is 0 Å². The van der Waals surface area contributed by atoms with Gasteiger partial charge in [-0.3, -0.25) is 9.69 Å². The summed E-state index contributed by atoms with van der Waals surface area (Å²) in [7, 11) is 0. The molecule has 0 unspecified atom stereocenters. The predicted molar refractivity (Wildman–Crippen MR) is 62.6 cm³/mol. The summed E-state index contributed by atoms with van der Waals surface area (Å²) in [6.45, 7) is 2.51. The Morgan fingerprint density at radius 2 is 2.29 bits per heavy atom. The number of carbonyl (C=O) groups is 1. The summed E-state index contributed by atoms with van der Waals surface area (Å²) < 4.78 is 13.7. The minimum Gasteiger partial charge on any atom is -0.354 e. The molecule has 0 aliphatic carbocycles. The van der Waals surface area contributed by atoms with Gasteiger partial charge in [-0.2, -0.15) is 0 Å². The van der Waals surface area contributed by atoms with Crippen molar-refractivity contribution in [1.29, 1.82) is 0 Å². The number of nitrogens with zero attached hydrogens (tertiary/aromatic N) is 1. The summed E-state index contributed by atoms with van der Waals surface area (Å²) in [4.78, 5) is 13.1. The van der Waals surface area contributed by atoms with E-state index in [-0.39, 0.29) is 11.7 Å². The van der Waals surface area contributed by atoms with Gasteiger partial charge in [-0.05, 0) is 11.6 Å². The summed E-state index contributed by atoms with van der Waals surface area (Å²) in [5.74, 6) is -0.255. The van der Waals surface area contributed by atoms with Crippen LogP contribution in [0.1, 0.15) is 11.1 Å². The molecule has 1 aromatic carbocycles. The highest BCUT2D eigenvalue weighted by molar-refractivity contribution is 5.78. The van der Waals surface area contributed by atoms with E-state index in [1.165, 1.54) is 6.07 Å². The Labute approximate surface area is 99.6 Å². The van der Waals surface area contributed by atoms with Crippen molar-refractivity contribution in [2.75, 3.05) is 19.6 Å². The van der Waals surface area contributed by atoms with Gasteiger partial charge < -0.3 is 11.1 Å². The van der Waals surface area contributed by atoms with Gasteiger partial charge in [-0.25, -0.2) is 4.39 Å². The molecule has 92 valence electrons. The third kappa shape index (κ3) is 3.01. The Hall–Kier alpha value is -1.46. The molecule has 2 rings (SSSR count). The van der Waals surface area contributed by atoms with Crippen molar-refractivity contribution in [3.05, 3.63) is 35.1 Å². The van der Waals surface area contributed by atoms with Crippen LogP contribution in [0.5, 0.6) is 0 Å². The van der Waals surface area contributed by atoms with Crippen LogP contribution in [-0.2, 0) is 17.9 Å². The maximum atomic E-state index is 13.7. The zero-order valence-electron chi connectivity index (χ0n) is 9.58. The lowest BCUT2D eigenvalue weighted by Gasteiger charge is -2.26. The van der Waals surface area contributed by atoms with E-state index in [2.05, 4.69) is 5.32 Å². The maximum absolute atomic E-state index is 13.7. The number of nitrogens with two attached hydrogens (primary N) is 1. The lowest BCUT2D eigenvalue weighted by atomic mass is 10.1. The van der Waals surface area contributed by atoms with Gasteiger partial charge in [-0.15, -0.1) is 0 Å². The SMILES string of the molecule is NCc1ccc(CN2CCNC(=O)C2)c(F)c1. The van der Waals surface area contributed by atoms with Crippen LogP contribution in [0.2, 0.25) is 0 Å². The van der Waals surface area contributed by atoms with E-state index in [1.54, 1.807) is 6.07 Å². The lowest BCUT2D eigenvalue weighted by Crippen LogP contribution is -2.47. The van der Waals surface area contributed by atoms with E-state index in [0.717, 1.165) is 12.1 Å². The Bertz CT molecular complexity index is 422. The van der Waals surface area contributed by atoms with Crippen LogP contribution < -0.4 is 11.1 Å². The number of nitrogens with one attached hydrogen (secondary N) is 1. The third-order valence-corrected chi connectivity index (χ3v) is 2.86. The first kappa shape index (κ1) is 12.0. The number of amides is 1. The van der Waals surface area contributed by atoms with Gasteiger partial charge in [0.15, 0.2) is 0 Å². The minimum absolute atomic E-state index is 0.00441. The van der Waals surface area contributed by atoms with Crippen molar-refractivity contribution >= 4 is 5.91 Å². The molecule has 1 saturated heterocycles.